The van der Waals surface area contributed by atoms with Crippen LogP contribution in [0, 0.1) is 5.41 Å². The second-order valence-corrected chi connectivity index (χ2v) is 5.77. The van der Waals surface area contributed by atoms with Gasteiger partial charge >= 0.3 is 0 Å². The van der Waals surface area contributed by atoms with Gasteiger partial charge in [0.15, 0.2) is 6.29 Å². The zero-order chi connectivity index (χ0) is 13.9. The van der Waals surface area contributed by atoms with Crippen molar-refractivity contribution in [3.63, 3.8) is 0 Å². The zero-order valence-corrected chi connectivity index (χ0v) is 12.0. The summed E-state index contributed by atoms with van der Waals surface area (Å²) in [7, 11) is 0. The Kier molecular flexibility index (Phi) is 4.61. The highest BCUT2D eigenvalue weighted by Gasteiger charge is 2.40. The van der Waals surface area contributed by atoms with Crippen LogP contribution in [-0.2, 0) is 9.47 Å². The zero-order valence-electron chi connectivity index (χ0n) is 12.0. The van der Waals surface area contributed by atoms with Gasteiger partial charge in [0, 0.05) is 11.0 Å². The lowest BCUT2D eigenvalue weighted by molar-refractivity contribution is -0.251. The number of benzene rings is 1. The van der Waals surface area contributed by atoms with Gasteiger partial charge < -0.3 is 14.6 Å². The molecule has 3 nitrogen and oxygen atoms in total. The van der Waals surface area contributed by atoms with Gasteiger partial charge in [-0.1, -0.05) is 51.1 Å². The topological polar surface area (TPSA) is 38.7 Å². The van der Waals surface area contributed by atoms with E-state index in [9.17, 15) is 5.11 Å². The molecule has 0 saturated carbocycles. The molecule has 0 amide bonds. The van der Waals surface area contributed by atoms with Crippen molar-refractivity contribution in [3.8, 4) is 0 Å². The first-order valence-electron chi connectivity index (χ1n) is 7.05. The van der Waals surface area contributed by atoms with Gasteiger partial charge in [-0.3, -0.25) is 0 Å². The van der Waals surface area contributed by atoms with Crippen molar-refractivity contribution in [2.24, 2.45) is 5.41 Å². The van der Waals surface area contributed by atoms with Crippen LogP contribution in [0.4, 0.5) is 0 Å². The Labute approximate surface area is 115 Å². The first-order chi connectivity index (χ1) is 9.05. The molecule has 3 heteroatoms. The Bertz CT molecular complexity index is 388. The summed E-state index contributed by atoms with van der Waals surface area (Å²) >= 11 is 0. The fourth-order valence-corrected chi connectivity index (χ4v) is 2.61. The molecule has 0 aromatic heterocycles. The molecule has 1 N–H and O–H groups in total. The van der Waals surface area contributed by atoms with E-state index in [2.05, 4.69) is 13.8 Å². The van der Waals surface area contributed by atoms with E-state index in [1.165, 1.54) is 0 Å². The van der Waals surface area contributed by atoms with E-state index >= 15 is 0 Å². The molecular weight excluding hydrogens is 240 g/mol. The van der Waals surface area contributed by atoms with Crippen LogP contribution in [0.5, 0.6) is 0 Å². The summed E-state index contributed by atoms with van der Waals surface area (Å²) in [5.74, 6) is 0. The standard InChI is InChI=1S/C16H24O3/c1-4-13(17)16(2,3)14-10-11-18-15(19-14)12-8-6-5-7-9-12/h5-9,13-15,17H,4,10-11H2,1-3H3/t13?,14-,15-/m0/s1. The van der Waals surface area contributed by atoms with E-state index in [0.717, 1.165) is 18.4 Å². The van der Waals surface area contributed by atoms with Crippen LogP contribution in [0.25, 0.3) is 0 Å². The summed E-state index contributed by atoms with van der Waals surface area (Å²) in [6, 6.07) is 9.97. The van der Waals surface area contributed by atoms with E-state index in [1.54, 1.807) is 0 Å². The molecule has 1 aromatic carbocycles. The number of rotatable bonds is 4. The quantitative estimate of drug-likeness (QED) is 0.907. The van der Waals surface area contributed by atoms with Crippen LogP contribution in [0.3, 0.4) is 0 Å². The molecule has 0 spiro atoms. The molecule has 1 aliphatic heterocycles. The number of aliphatic hydroxyl groups is 1. The van der Waals surface area contributed by atoms with Crippen molar-refractivity contribution in [1.82, 2.24) is 0 Å². The Hall–Kier alpha value is -0.900. The van der Waals surface area contributed by atoms with Gasteiger partial charge in [0.25, 0.3) is 0 Å². The molecule has 0 radical (unpaired) electrons. The maximum Gasteiger partial charge on any atom is 0.184 e. The SMILES string of the molecule is CCC(O)C(C)(C)[C@@H]1CCO[C@H](c2ccccc2)O1. The Morgan fingerprint density at radius 3 is 2.63 bits per heavy atom. The highest BCUT2D eigenvalue weighted by atomic mass is 16.7. The largest absolute Gasteiger partial charge is 0.392 e. The van der Waals surface area contributed by atoms with Crippen molar-refractivity contribution in [1.29, 1.82) is 0 Å². The molecule has 1 fully saturated rings. The van der Waals surface area contributed by atoms with Crippen LogP contribution in [0.1, 0.15) is 45.5 Å². The molecular formula is C16H24O3. The summed E-state index contributed by atoms with van der Waals surface area (Å²) < 4.78 is 11.8. The van der Waals surface area contributed by atoms with Crippen molar-refractivity contribution in [2.45, 2.75) is 52.1 Å². The van der Waals surface area contributed by atoms with Gasteiger partial charge in [0.2, 0.25) is 0 Å². The summed E-state index contributed by atoms with van der Waals surface area (Å²) in [6.07, 6.45) is 0.911. The molecule has 2 rings (SSSR count). The molecule has 0 bridgehead atoms. The molecule has 1 heterocycles. The predicted molar refractivity (Wildman–Crippen MR) is 74.7 cm³/mol. The second-order valence-electron chi connectivity index (χ2n) is 5.77. The van der Waals surface area contributed by atoms with Crippen molar-refractivity contribution in [3.05, 3.63) is 35.9 Å². The third kappa shape index (κ3) is 3.16. The smallest absolute Gasteiger partial charge is 0.184 e. The molecule has 19 heavy (non-hydrogen) atoms. The highest BCUT2D eigenvalue weighted by molar-refractivity contribution is 5.16. The Morgan fingerprint density at radius 2 is 2.00 bits per heavy atom. The fourth-order valence-electron chi connectivity index (χ4n) is 2.61. The summed E-state index contributed by atoms with van der Waals surface area (Å²) in [5.41, 5.74) is 0.778. The van der Waals surface area contributed by atoms with E-state index < -0.39 is 0 Å². The summed E-state index contributed by atoms with van der Waals surface area (Å²) in [6.45, 7) is 6.81. The average Bonchev–Trinajstić information content (AvgIpc) is 2.47. The maximum absolute atomic E-state index is 10.2. The number of aliphatic hydroxyl groups excluding tert-OH is 1. The summed E-state index contributed by atoms with van der Waals surface area (Å²) in [4.78, 5) is 0. The number of ether oxygens (including phenoxy) is 2. The molecule has 0 aliphatic carbocycles. The minimum atomic E-state index is -0.355. The molecule has 106 valence electrons. The van der Waals surface area contributed by atoms with E-state index in [-0.39, 0.29) is 23.9 Å². The van der Waals surface area contributed by atoms with Crippen LogP contribution >= 0.6 is 0 Å². The van der Waals surface area contributed by atoms with Crippen molar-refractivity contribution in [2.75, 3.05) is 6.61 Å². The normalized spacial score (nSPS) is 26.1. The van der Waals surface area contributed by atoms with Gasteiger partial charge in [0.1, 0.15) is 0 Å². The highest BCUT2D eigenvalue weighted by Crippen LogP contribution is 2.38. The average molecular weight is 264 g/mol. The minimum Gasteiger partial charge on any atom is -0.392 e. The lowest BCUT2D eigenvalue weighted by atomic mass is 9.78. The second kappa shape index (κ2) is 6.04. The lowest BCUT2D eigenvalue weighted by Crippen LogP contribution is -2.45. The fraction of sp³-hybridized carbons (Fsp3) is 0.625. The monoisotopic (exact) mass is 264 g/mol. The maximum atomic E-state index is 10.2. The molecule has 1 unspecified atom stereocenters. The van der Waals surface area contributed by atoms with Crippen molar-refractivity contribution < 1.29 is 14.6 Å². The minimum absolute atomic E-state index is 0.0152. The number of hydrogen-bond acceptors (Lipinski definition) is 3. The molecule has 1 aromatic rings. The van der Waals surface area contributed by atoms with Crippen molar-refractivity contribution >= 4 is 0 Å². The first kappa shape index (κ1) is 14.5. The predicted octanol–water partition coefficient (Wildman–Crippen LogP) is 3.29. The molecule has 1 aliphatic rings. The van der Waals surface area contributed by atoms with Crippen LogP contribution < -0.4 is 0 Å². The number of hydrogen-bond donors (Lipinski definition) is 1. The van der Waals surface area contributed by atoms with E-state index in [4.69, 9.17) is 9.47 Å². The van der Waals surface area contributed by atoms with Crippen LogP contribution in [-0.4, -0.2) is 23.9 Å². The van der Waals surface area contributed by atoms with Gasteiger partial charge in [0.05, 0.1) is 18.8 Å². The lowest BCUT2D eigenvalue weighted by Gasteiger charge is -2.42. The van der Waals surface area contributed by atoms with Crippen LogP contribution in [0.2, 0.25) is 0 Å². The van der Waals surface area contributed by atoms with Gasteiger partial charge in [-0.25, -0.2) is 0 Å². The van der Waals surface area contributed by atoms with E-state index in [1.807, 2.05) is 37.3 Å². The van der Waals surface area contributed by atoms with Crippen LogP contribution in [0.15, 0.2) is 30.3 Å². The summed E-state index contributed by atoms with van der Waals surface area (Å²) in [5, 5.41) is 10.2. The van der Waals surface area contributed by atoms with E-state index in [0.29, 0.717) is 6.61 Å². The molecule has 3 atom stereocenters. The Balaban J connectivity index is 2.09. The van der Waals surface area contributed by atoms with Gasteiger partial charge in [-0.15, -0.1) is 0 Å². The Morgan fingerprint density at radius 1 is 1.32 bits per heavy atom. The van der Waals surface area contributed by atoms with Gasteiger partial charge in [-0.2, -0.15) is 0 Å². The third-order valence-corrected chi connectivity index (χ3v) is 4.08. The first-order valence-corrected chi connectivity index (χ1v) is 7.05. The third-order valence-electron chi connectivity index (χ3n) is 4.08. The molecule has 1 saturated heterocycles. The van der Waals surface area contributed by atoms with Gasteiger partial charge in [-0.05, 0) is 12.8 Å².